The summed E-state index contributed by atoms with van der Waals surface area (Å²) in [6, 6.07) is 5.45. The highest BCUT2D eigenvalue weighted by Crippen LogP contribution is 2.22. The Morgan fingerprint density at radius 1 is 1.29 bits per heavy atom. The van der Waals surface area contributed by atoms with Gasteiger partial charge in [-0.25, -0.2) is 9.97 Å². The Balaban J connectivity index is 2.18. The summed E-state index contributed by atoms with van der Waals surface area (Å²) in [5.74, 6) is 1.96. The van der Waals surface area contributed by atoms with E-state index in [0.717, 1.165) is 18.1 Å². The van der Waals surface area contributed by atoms with Crippen LogP contribution in [-0.2, 0) is 0 Å². The fourth-order valence-electron chi connectivity index (χ4n) is 1.36. The van der Waals surface area contributed by atoms with Gasteiger partial charge in [-0.05, 0) is 26.0 Å². The average molecular weight is 230 g/mol. The Morgan fingerprint density at radius 2 is 2.18 bits per heavy atom. The second kappa shape index (κ2) is 5.25. The van der Waals surface area contributed by atoms with E-state index in [9.17, 15) is 0 Å². The fraction of sp³-hybridized carbons (Fsp3) is 0.250. The second-order valence-electron chi connectivity index (χ2n) is 3.46. The van der Waals surface area contributed by atoms with Crippen LogP contribution in [0.1, 0.15) is 12.6 Å². The second-order valence-corrected chi connectivity index (χ2v) is 3.46. The summed E-state index contributed by atoms with van der Waals surface area (Å²) in [6.07, 6.45) is 3.20. The largest absolute Gasteiger partial charge is 0.437 e. The average Bonchev–Trinajstić information content (AvgIpc) is 2.33. The first-order valence-corrected chi connectivity index (χ1v) is 5.45. The van der Waals surface area contributed by atoms with Crippen molar-refractivity contribution in [2.75, 3.05) is 11.9 Å². The Kier molecular flexibility index (Phi) is 3.49. The van der Waals surface area contributed by atoms with E-state index in [4.69, 9.17) is 4.74 Å². The van der Waals surface area contributed by atoms with Gasteiger partial charge in [-0.3, -0.25) is 4.98 Å². The fourth-order valence-corrected chi connectivity index (χ4v) is 1.36. The van der Waals surface area contributed by atoms with Gasteiger partial charge in [0.25, 0.3) is 0 Å². The van der Waals surface area contributed by atoms with E-state index >= 15 is 0 Å². The Hall–Kier alpha value is -2.17. The molecule has 2 rings (SSSR count). The van der Waals surface area contributed by atoms with E-state index in [0.29, 0.717) is 11.6 Å². The molecule has 0 bridgehead atoms. The smallest absolute Gasteiger partial charge is 0.224 e. The number of rotatable bonds is 4. The molecule has 0 amide bonds. The SMILES string of the molecule is CCNc1cc(Oc2cccnc2C)ncn1. The van der Waals surface area contributed by atoms with Crippen molar-refractivity contribution in [3.63, 3.8) is 0 Å². The number of ether oxygens (including phenoxy) is 1. The van der Waals surface area contributed by atoms with Crippen LogP contribution in [0, 0.1) is 6.92 Å². The maximum absolute atomic E-state index is 5.64. The first-order valence-electron chi connectivity index (χ1n) is 5.45. The molecule has 2 heterocycles. The third-order valence-corrected chi connectivity index (χ3v) is 2.17. The van der Waals surface area contributed by atoms with Crippen molar-refractivity contribution >= 4 is 5.82 Å². The molecule has 0 atom stereocenters. The predicted octanol–water partition coefficient (Wildman–Crippen LogP) is 2.40. The van der Waals surface area contributed by atoms with E-state index < -0.39 is 0 Å². The molecule has 5 heteroatoms. The van der Waals surface area contributed by atoms with Crippen molar-refractivity contribution in [3.05, 3.63) is 36.4 Å². The summed E-state index contributed by atoms with van der Waals surface area (Å²) in [5.41, 5.74) is 0.830. The molecular formula is C12H14N4O. The zero-order chi connectivity index (χ0) is 12.1. The molecule has 0 fully saturated rings. The standard InChI is InChI=1S/C12H14N4O/c1-3-13-11-7-12(16-8-15-11)17-10-5-4-6-14-9(10)2/h4-8H,3H2,1-2H3,(H,13,15,16). The van der Waals surface area contributed by atoms with Crippen molar-refractivity contribution in [1.82, 2.24) is 15.0 Å². The van der Waals surface area contributed by atoms with Gasteiger partial charge in [0, 0.05) is 18.8 Å². The Labute approximate surface area is 99.9 Å². The van der Waals surface area contributed by atoms with Gasteiger partial charge in [-0.1, -0.05) is 0 Å². The number of anilines is 1. The molecule has 0 radical (unpaired) electrons. The molecule has 0 unspecified atom stereocenters. The molecule has 0 aliphatic heterocycles. The van der Waals surface area contributed by atoms with E-state index in [-0.39, 0.29) is 0 Å². The van der Waals surface area contributed by atoms with Crippen LogP contribution in [0.5, 0.6) is 11.6 Å². The minimum absolute atomic E-state index is 0.507. The van der Waals surface area contributed by atoms with Gasteiger partial charge in [-0.15, -0.1) is 0 Å². The quantitative estimate of drug-likeness (QED) is 0.873. The minimum atomic E-state index is 0.507. The zero-order valence-corrected chi connectivity index (χ0v) is 9.84. The maximum atomic E-state index is 5.64. The van der Waals surface area contributed by atoms with Crippen LogP contribution in [0.15, 0.2) is 30.7 Å². The summed E-state index contributed by atoms with van der Waals surface area (Å²) < 4.78 is 5.64. The van der Waals surface area contributed by atoms with E-state index in [1.165, 1.54) is 6.33 Å². The van der Waals surface area contributed by atoms with Crippen LogP contribution < -0.4 is 10.1 Å². The van der Waals surface area contributed by atoms with Gasteiger partial charge < -0.3 is 10.1 Å². The lowest BCUT2D eigenvalue weighted by molar-refractivity contribution is 0.455. The van der Waals surface area contributed by atoms with Gasteiger partial charge in [0.15, 0.2) is 5.75 Å². The normalized spacial score (nSPS) is 10.0. The van der Waals surface area contributed by atoms with Gasteiger partial charge in [0.1, 0.15) is 12.1 Å². The molecule has 0 spiro atoms. The number of pyridine rings is 1. The molecule has 5 nitrogen and oxygen atoms in total. The van der Waals surface area contributed by atoms with Crippen LogP contribution in [0.4, 0.5) is 5.82 Å². The predicted molar refractivity (Wildman–Crippen MR) is 65.2 cm³/mol. The maximum Gasteiger partial charge on any atom is 0.224 e. The van der Waals surface area contributed by atoms with E-state index in [2.05, 4.69) is 20.3 Å². The summed E-state index contributed by atoms with van der Waals surface area (Å²) in [4.78, 5) is 12.3. The lowest BCUT2D eigenvalue weighted by Gasteiger charge is -2.07. The van der Waals surface area contributed by atoms with Crippen LogP contribution in [0.25, 0.3) is 0 Å². The van der Waals surface area contributed by atoms with Crippen LogP contribution in [0.3, 0.4) is 0 Å². The molecule has 17 heavy (non-hydrogen) atoms. The highest BCUT2D eigenvalue weighted by molar-refractivity contribution is 5.39. The summed E-state index contributed by atoms with van der Waals surface area (Å²) in [5, 5.41) is 3.10. The highest BCUT2D eigenvalue weighted by atomic mass is 16.5. The lowest BCUT2D eigenvalue weighted by Crippen LogP contribution is -2.00. The van der Waals surface area contributed by atoms with Crippen molar-refractivity contribution in [2.45, 2.75) is 13.8 Å². The minimum Gasteiger partial charge on any atom is -0.437 e. The molecule has 1 N–H and O–H groups in total. The van der Waals surface area contributed by atoms with Crippen molar-refractivity contribution in [2.24, 2.45) is 0 Å². The van der Waals surface area contributed by atoms with Crippen LogP contribution >= 0.6 is 0 Å². The molecule has 0 saturated carbocycles. The summed E-state index contributed by atoms with van der Waals surface area (Å²) in [7, 11) is 0. The number of nitrogens with zero attached hydrogens (tertiary/aromatic N) is 3. The topological polar surface area (TPSA) is 59.9 Å². The number of nitrogens with one attached hydrogen (secondary N) is 1. The van der Waals surface area contributed by atoms with Crippen molar-refractivity contribution in [1.29, 1.82) is 0 Å². The Bertz CT molecular complexity index is 501. The summed E-state index contributed by atoms with van der Waals surface area (Å²) >= 11 is 0. The van der Waals surface area contributed by atoms with Crippen LogP contribution in [0.2, 0.25) is 0 Å². The van der Waals surface area contributed by atoms with Crippen LogP contribution in [-0.4, -0.2) is 21.5 Å². The van der Waals surface area contributed by atoms with Gasteiger partial charge in [-0.2, -0.15) is 0 Å². The van der Waals surface area contributed by atoms with Gasteiger partial charge >= 0.3 is 0 Å². The zero-order valence-electron chi connectivity index (χ0n) is 9.84. The first-order chi connectivity index (χ1) is 8.29. The highest BCUT2D eigenvalue weighted by Gasteiger charge is 2.03. The van der Waals surface area contributed by atoms with E-state index in [1.807, 2.05) is 26.0 Å². The molecule has 0 aromatic carbocycles. The first kappa shape index (κ1) is 11.3. The molecule has 0 saturated heterocycles. The van der Waals surface area contributed by atoms with Crippen molar-refractivity contribution in [3.8, 4) is 11.6 Å². The third-order valence-electron chi connectivity index (χ3n) is 2.17. The Morgan fingerprint density at radius 3 is 2.94 bits per heavy atom. The monoisotopic (exact) mass is 230 g/mol. The van der Waals surface area contributed by atoms with Gasteiger partial charge in [0.2, 0.25) is 5.88 Å². The molecule has 0 aliphatic rings. The van der Waals surface area contributed by atoms with E-state index in [1.54, 1.807) is 12.3 Å². The molecule has 88 valence electrons. The molecule has 2 aromatic rings. The molecule has 0 aliphatic carbocycles. The number of hydrogen-bond donors (Lipinski definition) is 1. The summed E-state index contributed by atoms with van der Waals surface area (Å²) in [6.45, 7) is 4.71. The molecule has 2 aromatic heterocycles. The van der Waals surface area contributed by atoms with Crippen molar-refractivity contribution < 1.29 is 4.74 Å². The number of aryl methyl sites for hydroxylation is 1. The number of aromatic nitrogens is 3. The number of hydrogen-bond acceptors (Lipinski definition) is 5. The molecular weight excluding hydrogens is 216 g/mol. The van der Waals surface area contributed by atoms with Gasteiger partial charge in [0.05, 0.1) is 5.69 Å². The third kappa shape index (κ3) is 2.90. The lowest BCUT2D eigenvalue weighted by atomic mass is 10.3.